The van der Waals surface area contributed by atoms with Gasteiger partial charge in [0.15, 0.2) is 0 Å². The molecule has 0 radical (unpaired) electrons. The maximum atomic E-state index is 3.50. The molecule has 0 aliphatic rings. The third-order valence-corrected chi connectivity index (χ3v) is 5.46. The average Bonchev–Trinajstić information content (AvgIpc) is 2.52. The van der Waals surface area contributed by atoms with E-state index in [-0.39, 0.29) is 0 Å². The lowest BCUT2D eigenvalue weighted by atomic mass is 10.3. The second-order valence-corrected chi connectivity index (χ2v) is 7.33. The minimum absolute atomic E-state index is 0.969. The van der Waals surface area contributed by atoms with Crippen molar-refractivity contribution in [1.82, 2.24) is 10.2 Å². The van der Waals surface area contributed by atoms with E-state index in [9.17, 15) is 0 Å². The lowest BCUT2D eigenvalue weighted by Gasteiger charge is -2.08. The van der Waals surface area contributed by atoms with Crippen LogP contribution in [0.2, 0.25) is 0 Å². The van der Waals surface area contributed by atoms with Gasteiger partial charge in [-0.3, -0.25) is 0 Å². The van der Waals surface area contributed by atoms with E-state index < -0.39 is 0 Å². The summed E-state index contributed by atoms with van der Waals surface area (Å²) in [5.41, 5.74) is 0. The maximum Gasteiger partial charge on any atom is 0.0843 e. The van der Waals surface area contributed by atoms with Crippen LogP contribution < -0.4 is 5.32 Å². The molecule has 0 bridgehead atoms. The summed E-state index contributed by atoms with van der Waals surface area (Å²) in [6.07, 6.45) is 2.50. The summed E-state index contributed by atoms with van der Waals surface area (Å²) in [5.74, 6) is 0. The Morgan fingerprint density at radius 3 is 2.62 bits per heavy atom. The molecule has 0 saturated carbocycles. The highest BCUT2D eigenvalue weighted by atomic mass is 79.9. The van der Waals surface area contributed by atoms with Gasteiger partial charge in [-0.25, -0.2) is 0 Å². The number of nitrogens with zero attached hydrogens (tertiary/aromatic N) is 1. The van der Waals surface area contributed by atoms with Crippen LogP contribution >= 0.6 is 43.2 Å². The van der Waals surface area contributed by atoms with Crippen molar-refractivity contribution in [2.75, 3.05) is 27.2 Å². The Hall–Kier alpha value is 0.580. The SMILES string of the molecule is CN(C)CCCCNCc1cc(Br)c(Br)s1. The van der Waals surface area contributed by atoms with E-state index in [0.29, 0.717) is 0 Å². The molecule has 1 heterocycles. The molecule has 2 nitrogen and oxygen atoms in total. The molecule has 1 aromatic heterocycles. The largest absolute Gasteiger partial charge is 0.312 e. The van der Waals surface area contributed by atoms with Gasteiger partial charge in [0.1, 0.15) is 0 Å². The lowest BCUT2D eigenvalue weighted by molar-refractivity contribution is 0.392. The second kappa shape index (κ2) is 7.82. The normalized spacial score (nSPS) is 11.3. The molecular formula is C11H18Br2N2S. The number of rotatable bonds is 7. The first-order valence-corrected chi connectivity index (χ1v) is 7.79. The van der Waals surface area contributed by atoms with E-state index in [4.69, 9.17) is 0 Å². The lowest BCUT2D eigenvalue weighted by Crippen LogP contribution is -2.17. The van der Waals surface area contributed by atoms with Crippen LogP contribution in [0.5, 0.6) is 0 Å². The van der Waals surface area contributed by atoms with Crippen molar-refractivity contribution in [3.05, 3.63) is 19.2 Å². The molecule has 0 aliphatic carbocycles. The molecule has 1 N–H and O–H groups in total. The molecule has 0 aromatic carbocycles. The number of halogens is 2. The Balaban J connectivity index is 2.07. The zero-order chi connectivity index (χ0) is 12.0. The Bertz CT molecular complexity index is 293. The van der Waals surface area contributed by atoms with Crippen LogP contribution in [-0.4, -0.2) is 32.1 Å². The van der Waals surface area contributed by atoms with Gasteiger partial charge in [0.25, 0.3) is 0 Å². The Morgan fingerprint density at radius 2 is 2.06 bits per heavy atom. The monoisotopic (exact) mass is 368 g/mol. The van der Waals surface area contributed by atoms with Crippen molar-refractivity contribution in [1.29, 1.82) is 0 Å². The number of unbranched alkanes of at least 4 members (excludes halogenated alkanes) is 1. The van der Waals surface area contributed by atoms with Gasteiger partial charge in [0.05, 0.1) is 3.79 Å². The van der Waals surface area contributed by atoms with E-state index in [1.54, 1.807) is 11.3 Å². The van der Waals surface area contributed by atoms with Crippen molar-refractivity contribution in [3.63, 3.8) is 0 Å². The molecule has 1 aromatic rings. The van der Waals surface area contributed by atoms with Crippen LogP contribution in [0, 0.1) is 0 Å². The molecule has 0 unspecified atom stereocenters. The molecule has 16 heavy (non-hydrogen) atoms. The zero-order valence-electron chi connectivity index (χ0n) is 9.72. The van der Waals surface area contributed by atoms with Crippen LogP contribution in [-0.2, 0) is 6.54 Å². The molecule has 92 valence electrons. The first kappa shape index (κ1) is 14.6. The third-order valence-electron chi connectivity index (χ3n) is 2.20. The van der Waals surface area contributed by atoms with Gasteiger partial charge < -0.3 is 10.2 Å². The van der Waals surface area contributed by atoms with E-state index in [0.717, 1.165) is 17.6 Å². The third kappa shape index (κ3) is 5.77. The van der Waals surface area contributed by atoms with Crippen molar-refractivity contribution < 1.29 is 0 Å². The summed E-state index contributed by atoms with van der Waals surface area (Å²) in [7, 11) is 4.24. The number of thiophene rings is 1. The van der Waals surface area contributed by atoms with Gasteiger partial charge in [-0.1, -0.05) is 0 Å². The van der Waals surface area contributed by atoms with E-state index in [1.807, 2.05) is 0 Å². The van der Waals surface area contributed by atoms with Crippen molar-refractivity contribution >= 4 is 43.2 Å². The predicted molar refractivity (Wildman–Crippen MR) is 79.2 cm³/mol. The Labute approximate surface area is 119 Å². The van der Waals surface area contributed by atoms with Crippen molar-refractivity contribution in [2.45, 2.75) is 19.4 Å². The van der Waals surface area contributed by atoms with Crippen LogP contribution in [0.3, 0.4) is 0 Å². The van der Waals surface area contributed by atoms with E-state index >= 15 is 0 Å². The Kier molecular flexibility index (Phi) is 7.16. The number of hydrogen-bond donors (Lipinski definition) is 1. The smallest absolute Gasteiger partial charge is 0.0843 e. The molecular weight excluding hydrogens is 352 g/mol. The first-order valence-electron chi connectivity index (χ1n) is 5.38. The molecule has 5 heteroatoms. The molecule has 0 atom stereocenters. The quantitative estimate of drug-likeness (QED) is 0.737. The van der Waals surface area contributed by atoms with Gasteiger partial charge in [-0.05, 0) is 78.0 Å². The standard InChI is InChI=1S/C11H18Br2N2S/c1-15(2)6-4-3-5-14-8-9-7-10(12)11(13)16-9/h7,14H,3-6,8H2,1-2H3. The van der Waals surface area contributed by atoms with Crippen LogP contribution in [0.25, 0.3) is 0 Å². The molecule has 0 amide bonds. The van der Waals surface area contributed by atoms with Crippen molar-refractivity contribution in [2.24, 2.45) is 0 Å². The summed E-state index contributed by atoms with van der Waals surface area (Å²) in [6.45, 7) is 3.25. The van der Waals surface area contributed by atoms with E-state index in [2.05, 4.69) is 62.2 Å². The fourth-order valence-electron chi connectivity index (χ4n) is 1.37. The molecule has 1 rings (SSSR count). The molecule has 0 aliphatic heterocycles. The highest BCUT2D eigenvalue weighted by molar-refractivity contribution is 9.13. The summed E-state index contributed by atoms with van der Waals surface area (Å²) in [5, 5.41) is 3.47. The van der Waals surface area contributed by atoms with Crippen LogP contribution in [0.4, 0.5) is 0 Å². The minimum Gasteiger partial charge on any atom is -0.312 e. The summed E-state index contributed by atoms with van der Waals surface area (Å²) in [6, 6.07) is 2.17. The fraction of sp³-hybridized carbons (Fsp3) is 0.636. The number of hydrogen-bond acceptors (Lipinski definition) is 3. The molecule has 0 saturated heterocycles. The van der Waals surface area contributed by atoms with Gasteiger partial charge in [0, 0.05) is 15.9 Å². The fourth-order valence-corrected chi connectivity index (χ4v) is 3.51. The molecule has 0 fully saturated rings. The van der Waals surface area contributed by atoms with Gasteiger partial charge >= 0.3 is 0 Å². The second-order valence-electron chi connectivity index (χ2n) is 4.02. The van der Waals surface area contributed by atoms with Gasteiger partial charge in [-0.2, -0.15) is 0 Å². The average molecular weight is 370 g/mol. The summed E-state index contributed by atoms with van der Waals surface area (Å²) in [4.78, 5) is 3.60. The van der Waals surface area contributed by atoms with E-state index in [1.165, 1.54) is 28.0 Å². The predicted octanol–water partition coefficient (Wildman–Crippen LogP) is 3.70. The number of nitrogens with one attached hydrogen (secondary N) is 1. The molecule has 0 spiro atoms. The zero-order valence-corrected chi connectivity index (χ0v) is 13.7. The van der Waals surface area contributed by atoms with Gasteiger partial charge in [-0.15, -0.1) is 11.3 Å². The van der Waals surface area contributed by atoms with Crippen LogP contribution in [0.1, 0.15) is 17.7 Å². The highest BCUT2D eigenvalue weighted by Crippen LogP contribution is 2.32. The summed E-state index contributed by atoms with van der Waals surface area (Å²) >= 11 is 8.78. The first-order chi connectivity index (χ1) is 7.59. The topological polar surface area (TPSA) is 15.3 Å². The summed E-state index contributed by atoms with van der Waals surface area (Å²) < 4.78 is 2.33. The van der Waals surface area contributed by atoms with Crippen molar-refractivity contribution in [3.8, 4) is 0 Å². The Morgan fingerprint density at radius 1 is 1.31 bits per heavy atom. The maximum absolute atomic E-state index is 3.50. The highest BCUT2D eigenvalue weighted by Gasteiger charge is 2.03. The van der Waals surface area contributed by atoms with Gasteiger partial charge in [0.2, 0.25) is 0 Å². The van der Waals surface area contributed by atoms with Crippen LogP contribution in [0.15, 0.2) is 14.3 Å². The minimum atomic E-state index is 0.969.